The Morgan fingerprint density at radius 2 is 2.47 bits per heavy atom. The van der Waals surface area contributed by atoms with E-state index in [1.54, 1.807) is 10.9 Å². The number of aromatic nitrogens is 3. The fourth-order valence-corrected chi connectivity index (χ4v) is 1.93. The predicted molar refractivity (Wildman–Crippen MR) is 48.8 cm³/mol. The van der Waals surface area contributed by atoms with Gasteiger partial charge in [-0.05, 0) is 19.3 Å². The third kappa shape index (κ3) is 1.81. The van der Waals surface area contributed by atoms with Crippen molar-refractivity contribution in [1.82, 2.24) is 15.0 Å². The molecule has 6 nitrogen and oxygen atoms in total. The highest BCUT2D eigenvalue weighted by Gasteiger charge is 2.31. The van der Waals surface area contributed by atoms with Crippen molar-refractivity contribution in [3.63, 3.8) is 0 Å². The molecule has 1 aliphatic carbocycles. The molecule has 2 atom stereocenters. The van der Waals surface area contributed by atoms with Gasteiger partial charge in [0.05, 0.1) is 18.2 Å². The Hall–Kier alpha value is -1.90. The number of rotatable bonds is 2. The number of aliphatic carboxylic acids is 1. The summed E-state index contributed by atoms with van der Waals surface area (Å²) in [5, 5.41) is 24.9. The molecule has 0 amide bonds. The second kappa shape index (κ2) is 3.69. The van der Waals surface area contributed by atoms with Crippen LogP contribution in [0.2, 0.25) is 0 Å². The van der Waals surface area contributed by atoms with Gasteiger partial charge in [-0.2, -0.15) is 5.26 Å². The largest absolute Gasteiger partial charge is 0.481 e. The number of hydrogen-bond acceptors (Lipinski definition) is 4. The Bertz CT molecular complexity index is 420. The van der Waals surface area contributed by atoms with E-state index >= 15 is 0 Å². The van der Waals surface area contributed by atoms with Crippen LogP contribution in [0.1, 0.15) is 31.0 Å². The van der Waals surface area contributed by atoms with Crippen LogP contribution >= 0.6 is 0 Å². The van der Waals surface area contributed by atoms with E-state index in [1.807, 2.05) is 6.07 Å². The fraction of sp³-hybridized carbons (Fsp3) is 0.556. The molecule has 1 saturated carbocycles. The zero-order valence-electron chi connectivity index (χ0n) is 8.00. The van der Waals surface area contributed by atoms with Gasteiger partial charge in [-0.1, -0.05) is 5.21 Å². The van der Waals surface area contributed by atoms with Gasteiger partial charge >= 0.3 is 5.97 Å². The molecule has 15 heavy (non-hydrogen) atoms. The molecular weight excluding hydrogens is 196 g/mol. The highest BCUT2D eigenvalue weighted by atomic mass is 16.4. The first kappa shape index (κ1) is 9.65. The van der Waals surface area contributed by atoms with Crippen molar-refractivity contribution in [2.45, 2.75) is 25.3 Å². The molecule has 0 radical (unpaired) electrons. The highest BCUT2D eigenvalue weighted by molar-refractivity contribution is 5.70. The minimum Gasteiger partial charge on any atom is -0.481 e. The topological polar surface area (TPSA) is 91.8 Å². The predicted octanol–water partition coefficient (Wildman–Crippen LogP) is 0.576. The summed E-state index contributed by atoms with van der Waals surface area (Å²) in [6, 6.07) is 1.96. The van der Waals surface area contributed by atoms with Gasteiger partial charge in [0.15, 0.2) is 5.69 Å². The van der Waals surface area contributed by atoms with Gasteiger partial charge in [0, 0.05) is 0 Å². The van der Waals surface area contributed by atoms with Gasteiger partial charge in [0.1, 0.15) is 6.07 Å². The lowest BCUT2D eigenvalue weighted by atomic mass is 10.1. The van der Waals surface area contributed by atoms with Crippen LogP contribution in [0.3, 0.4) is 0 Å². The van der Waals surface area contributed by atoms with E-state index in [4.69, 9.17) is 10.4 Å². The molecule has 78 valence electrons. The molecule has 0 saturated heterocycles. The van der Waals surface area contributed by atoms with E-state index in [0.29, 0.717) is 12.8 Å². The number of carboxylic acids is 1. The summed E-state index contributed by atoms with van der Waals surface area (Å²) in [4.78, 5) is 10.7. The van der Waals surface area contributed by atoms with Gasteiger partial charge in [0.25, 0.3) is 0 Å². The van der Waals surface area contributed by atoms with E-state index in [9.17, 15) is 4.79 Å². The van der Waals surface area contributed by atoms with Gasteiger partial charge in [-0.3, -0.25) is 4.79 Å². The standard InChI is InChI=1S/C9H10N4O2/c10-4-7-5-13(12-11-7)8-2-1-6(3-8)9(14)15/h5-6,8H,1-3H2,(H,14,15). The fourth-order valence-electron chi connectivity index (χ4n) is 1.93. The van der Waals surface area contributed by atoms with E-state index in [0.717, 1.165) is 6.42 Å². The number of nitrogens with zero attached hydrogens (tertiary/aromatic N) is 4. The smallest absolute Gasteiger partial charge is 0.306 e. The van der Waals surface area contributed by atoms with Crippen LogP contribution in [0.25, 0.3) is 0 Å². The molecule has 6 heteroatoms. The summed E-state index contributed by atoms with van der Waals surface area (Å²) < 4.78 is 1.60. The summed E-state index contributed by atoms with van der Waals surface area (Å²) >= 11 is 0. The number of carboxylic acid groups (broad SMARTS) is 1. The summed E-state index contributed by atoms with van der Waals surface area (Å²) in [5.74, 6) is -1.04. The van der Waals surface area contributed by atoms with Crippen molar-refractivity contribution in [1.29, 1.82) is 5.26 Å². The summed E-state index contributed by atoms with van der Waals surface area (Å²) in [6.45, 7) is 0. The van der Waals surface area contributed by atoms with Crippen LogP contribution in [-0.2, 0) is 4.79 Å². The van der Waals surface area contributed by atoms with Crippen molar-refractivity contribution in [2.24, 2.45) is 5.92 Å². The highest BCUT2D eigenvalue weighted by Crippen LogP contribution is 2.33. The van der Waals surface area contributed by atoms with Crippen LogP contribution in [-0.4, -0.2) is 26.1 Å². The lowest BCUT2D eigenvalue weighted by Crippen LogP contribution is -2.11. The first-order valence-corrected chi connectivity index (χ1v) is 4.75. The molecule has 1 aromatic heterocycles. The van der Waals surface area contributed by atoms with E-state index in [1.165, 1.54) is 0 Å². The minimum absolute atomic E-state index is 0.0701. The zero-order chi connectivity index (χ0) is 10.8. The Labute approximate surface area is 86.1 Å². The molecule has 0 spiro atoms. The van der Waals surface area contributed by atoms with Gasteiger partial charge in [-0.25, -0.2) is 4.68 Å². The Morgan fingerprint density at radius 1 is 1.67 bits per heavy atom. The Kier molecular flexibility index (Phi) is 2.37. The van der Waals surface area contributed by atoms with Gasteiger partial charge < -0.3 is 5.11 Å². The molecule has 1 aromatic rings. The molecule has 0 aliphatic heterocycles. The SMILES string of the molecule is N#Cc1cn(C2CCC(C(=O)O)C2)nn1. The molecule has 1 heterocycles. The van der Waals surface area contributed by atoms with E-state index in [2.05, 4.69) is 10.3 Å². The lowest BCUT2D eigenvalue weighted by molar-refractivity contribution is -0.141. The van der Waals surface area contributed by atoms with Crippen molar-refractivity contribution >= 4 is 5.97 Å². The van der Waals surface area contributed by atoms with Gasteiger partial charge in [0.2, 0.25) is 0 Å². The third-order valence-corrected chi connectivity index (χ3v) is 2.75. The zero-order valence-corrected chi connectivity index (χ0v) is 8.00. The molecule has 1 N–H and O–H groups in total. The summed E-state index contributed by atoms with van der Waals surface area (Å²) in [6.07, 6.45) is 3.59. The number of carbonyl (C=O) groups is 1. The Balaban J connectivity index is 2.08. The van der Waals surface area contributed by atoms with E-state index in [-0.39, 0.29) is 17.7 Å². The normalized spacial score (nSPS) is 25.0. The first-order chi connectivity index (χ1) is 7.20. The molecule has 0 bridgehead atoms. The maximum Gasteiger partial charge on any atom is 0.306 e. The summed E-state index contributed by atoms with van der Waals surface area (Å²) in [7, 11) is 0. The lowest BCUT2D eigenvalue weighted by Gasteiger charge is -2.07. The second-order valence-corrected chi connectivity index (χ2v) is 3.70. The molecule has 2 unspecified atom stereocenters. The van der Waals surface area contributed by atoms with Crippen LogP contribution < -0.4 is 0 Å². The summed E-state index contributed by atoms with van der Waals surface area (Å²) in [5.41, 5.74) is 0.272. The maximum absolute atomic E-state index is 10.7. The third-order valence-electron chi connectivity index (χ3n) is 2.75. The van der Waals surface area contributed by atoms with Crippen molar-refractivity contribution < 1.29 is 9.90 Å². The molecular formula is C9H10N4O2. The minimum atomic E-state index is -0.752. The molecule has 0 aromatic carbocycles. The van der Waals surface area contributed by atoms with Gasteiger partial charge in [-0.15, -0.1) is 5.10 Å². The second-order valence-electron chi connectivity index (χ2n) is 3.70. The van der Waals surface area contributed by atoms with Crippen molar-refractivity contribution in [3.05, 3.63) is 11.9 Å². The van der Waals surface area contributed by atoms with Crippen molar-refractivity contribution in [2.75, 3.05) is 0 Å². The van der Waals surface area contributed by atoms with Crippen LogP contribution in [0.15, 0.2) is 6.20 Å². The Morgan fingerprint density at radius 3 is 3.00 bits per heavy atom. The molecule has 1 aliphatic rings. The number of nitriles is 1. The molecule has 1 fully saturated rings. The average Bonchev–Trinajstić information content (AvgIpc) is 2.86. The monoisotopic (exact) mass is 206 g/mol. The van der Waals surface area contributed by atoms with E-state index < -0.39 is 5.97 Å². The van der Waals surface area contributed by atoms with Crippen LogP contribution in [0, 0.1) is 17.2 Å². The average molecular weight is 206 g/mol. The number of hydrogen-bond donors (Lipinski definition) is 1. The quantitative estimate of drug-likeness (QED) is 0.763. The first-order valence-electron chi connectivity index (χ1n) is 4.75. The van der Waals surface area contributed by atoms with Crippen molar-refractivity contribution in [3.8, 4) is 6.07 Å². The maximum atomic E-state index is 10.7. The van der Waals surface area contributed by atoms with Crippen LogP contribution in [0.4, 0.5) is 0 Å². The van der Waals surface area contributed by atoms with Crippen LogP contribution in [0.5, 0.6) is 0 Å². The molecule has 2 rings (SSSR count).